The van der Waals surface area contributed by atoms with E-state index in [1.807, 2.05) is 12.1 Å². The molecule has 8 nitrogen and oxygen atoms in total. The molecule has 0 aromatic carbocycles. The summed E-state index contributed by atoms with van der Waals surface area (Å²) in [4.78, 5) is 22.8. The van der Waals surface area contributed by atoms with E-state index in [-0.39, 0.29) is 35.9 Å². The monoisotopic (exact) mass is 526 g/mol. The number of furan rings is 1. The van der Waals surface area contributed by atoms with Crippen LogP contribution in [0.3, 0.4) is 0 Å². The van der Waals surface area contributed by atoms with Crippen molar-refractivity contribution in [3.8, 4) is 0 Å². The predicted molar refractivity (Wildman–Crippen MR) is 128 cm³/mol. The number of hydrogen-bond acceptors (Lipinski definition) is 5. The zero-order valence-electron chi connectivity index (χ0n) is 17.3. The van der Waals surface area contributed by atoms with Gasteiger partial charge in [-0.2, -0.15) is 0 Å². The van der Waals surface area contributed by atoms with Gasteiger partial charge < -0.3 is 20.4 Å². The van der Waals surface area contributed by atoms with Crippen LogP contribution < -0.4 is 16.0 Å². The summed E-state index contributed by atoms with van der Waals surface area (Å²) in [6.07, 6.45) is 8.67. The fraction of sp³-hybridized carbons (Fsp3) is 0.476. The molecule has 2 aromatic rings. The minimum atomic E-state index is -0.133. The zero-order valence-corrected chi connectivity index (χ0v) is 19.7. The van der Waals surface area contributed by atoms with Crippen molar-refractivity contribution >= 4 is 35.8 Å². The van der Waals surface area contributed by atoms with Gasteiger partial charge in [0, 0.05) is 39.1 Å². The average Bonchev–Trinajstić information content (AvgIpc) is 3.31. The molecule has 0 aliphatic carbocycles. The standard InChI is InChI=1S/C21H30N6O2.HI/c1-22-21(25-11-10-24-20(28)17-7-5-9-23-15-17)26-16-18(19-8-6-14-29-19)27-12-3-2-4-13-27;/h5-9,14-15,18H,2-4,10-13,16H2,1H3,(H,24,28)(H2,22,25,26);1H. The number of nitrogens with one attached hydrogen (secondary N) is 3. The number of carbonyl (C=O) groups excluding carboxylic acids is 1. The van der Waals surface area contributed by atoms with E-state index in [0.29, 0.717) is 31.2 Å². The lowest BCUT2D eigenvalue weighted by molar-refractivity contribution is 0.0954. The molecule has 0 saturated carbocycles. The molecule has 0 bridgehead atoms. The van der Waals surface area contributed by atoms with Gasteiger partial charge in [-0.3, -0.25) is 19.7 Å². The highest BCUT2D eigenvalue weighted by atomic mass is 127. The van der Waals surface area contributed by atoms with E-state index in [4.69, 9.17) is 4.42 Å². The summed E-state index contributed by atoms with van der Waals surface area (Å²) in [5.41, 5.74) is 0.554. The molecular weight excluding hydrogens is 495 g/mol. The van der Waals surface area contributed by atoms with Crippen LogP contribution in [-0.4, -0.2) is 61.5 Å². The molecule has 164 valence electrons. The number of pyridine rings is 1. The lowest BCUT2D eigenvalue weighted by Crippen LogP contribution is -2.46. The third-order valence-electron chi connectivity index (χ3n) is 5.02. The molecule has 3 N–H and O–H groups in total. The van der Waals surface area contributed by atoms with Crippen LogP contribution in [0.25, 0.3) is 0 Å². The molecular formula is C21H31IN6O2. The Hall–Kier alpha value is -2.14. The number of aromatic nitrogens is 1. The van der Waals surface area contributed by atoms with Crippen molar-refractivity contribution in [1.29, 1.82) is 0 Å². The van der Waals surface area contributed by atoms with Gasteiger partial charge in [0.2, 0.25) is 0 Å². The molecule has 3 rings (SSSR count). The Morgan fingerprint density at radius 2 is 1.97 bits per heavy atom. The van der Waals surface area contributed by atoms with Crippen molar-refractivity contribution in [3.05, 3.63) is 54.2 Å². The Morgan fingerprint density at radius 3 is 2.63 bits per heavy atom. The van der Waals surface area contributed by atoms with Crippen LogP contribution in [0.1, 0.15) is 41.4 Å². The quantitative estimate of drug-likeness (QED) is 0.212. The summed E-state index contributed by atoms with van der Waals surface area (Å²) in [7, 11) is 1.74. The van der Waals surface area contributed by atoms with Crippen molar-refractivity contribution in [2.75, 3.05) is 39.8 Å². The van der Waals surface area contributed by atoms with E-state index in [1.54, 1.807) is 37.8 Å². The van der Waals surface area contributed by atoms with Crippen molar-refractivity contribution in [2.45, 2.75) is 25.3 Å². The third-order valence-corrected chi connectivity index (χ3v) is 5.02. The maximum atomic E-state index is 12.0. The summed E-state index contributed by atoms with van der Waals surface area (Å²) in [6.45, 7) is 3.93. The molecule has 2 aromatic heterocycles. The molecule has 0 radical (unpaired) electrons. The summed E-state index contributed by atoms with van der Waals surface area (Å²) in [5, 5.41) is 9.50. The Morgan fingerprint density at radius 1 is 1.17 bits per heavy atom. The molecule has 1 fully saturated rings. The van der Waals surface area contributed by atoms with Gasteiger partial charge in [0.15, 0.2) is 5.96 Å². The summed E-state index contributed by atoms with van der Waals surface area (Å²) in [5.74, 6) is 1.54. The summed E-state index contributed by atoms with van der Waals surface area (Å²) >= 11 is 0. The molecule has 1 aliphatic heterocycles. The van der Waals surface area contributed by atoms with Gasteiger partial charge in [0.25, 0.3) is 5.91 Å². The van der Waals surface area contributed by atoms with Crippen LogP contribution in [0.5, 0.6) is 0 Å². The Bertz CT molecular complexity index is 763. The second kappa shape index (κ2) is 13.2. The highest BCUT2D eigenvalue weighted by molar-refractivity contribution is 14.0. The van der Waals surface area contributed by atoms with Gasteiger partial charge in [0.1, 0.15) is 5.76 Å². The number of aliphatic imine (C=N–C) groups is 1. The minimum Gasteiger partial charge on any atom is -0.468 e. The van der Waals surface area contributed by atoms with Crippen molar-refractivity contribution in [2.24, 2.45) is 4.99 Å². The van der Waals surface area contributed by atoms with Gasteiger partial charge in [-0.25, -0.2) is 0 Å². The molecule has 0 spiro atoms. The first kappa shape index (κ1) is 24.1. The number of hydrogen-bond donors (Lipinski definition) is 3. The summed E-state index contributed by atoms with van der Waals surface area (Å²) in [6, 6.07) is 7.63. The first-order valence-electron chi connectivity index (χ1n) is 10.2. The van der Waals surface area contributed by atoms with Crippen LogP contribution in [0.15, 0.2) is 52.3 Å². The highest BCUT2D eigenvalue weighted by Gasteiger charge is 2.24. The second-order valence-electron chi connectivity index (χ2n) is 7.01. The summed E-state index contributed by atoms with van der Waals surface area (Å²) < 4.78 is 5.69. The van der Waals surface area contributed by atoms with Crippen LogP contribution in [-0.2, 0) is 0 Å². The van der Waals surface area contributed by atoms with E-state index in [9.17, 15) is 4.79 Å². The predicted octanol–water partition coefficient (Wildman–Crippen LogP) is 2.41. The first-order chi connectivity index (χ1) is 14.3. The molecule has 1 unspecified atom stereocenters. The average molecular weight is 526 g/mol. The van der Waals surface area contributed by atoms with E-state index in [0.717, 1.165) is 18.8 Å². The number of piperidine rings is 1. The second-order valence-corrected chi connectivity index (χ2v) is 7.01. The smallest absolute Gasteiger partial charge is 0.252 e. The molecule has 1 amide bonds. The van der Waals surface area contributed by atoms with Gasteiger partial charge >= 0.3 is 0 Å². The van der Waals surface area contributed by atoms with Crippen molar-refractivity contribution < 1.29 is 9.21 Å². The van der Waals surface area contributed by atoms with Gasteiger partial charge in [-0.1, -0.05) is 6.42 Å². The Kier molecular flexibility index (Phi) is 10.6. The molecule has 1 saturated heterocycles. The van der Waals surface area contributed by atoms with Crippen molar-refractivity contribution in [3.63, 3.8) is 0 Å². The number of rotatable bonds is 8. The largest absolute Gasteiger partial charge is 0.468 e. The van der Waals surface area contributed by atoms with Crippen LogP contribution in [0.2, 0.25) is 0 Å². The normalized spacial score (nSPS) is 15.7. The molecule has 9 heteroatoms. The number of halogens is 1. The van der Waals surface area contributed by atoms with Crippen LogP contribution in [0.4, 0.5) is 0 Å². The third kappa shape index (κ3) is 7.28. The van der Waals surface area contributed by atoms with E-state index in [1.165, 1.54) is 19.3 Å². The highest BCUT2D eigenvalue weighted by Crippen LogP contribution is 2.24. The van der Waals surface area contributed by atoms with E-state index >= 15 is 0 Å². The topological polar surface area (TPSA) is 94.8 Å². The van der Waals surface area contributed by atoms with Gasteiger partial charge in [-0.15, -0.1) is 24.0 Å². The molecule has 30 heavy (non-hydrogen) atoms. The number of amides is 1. The van der Waals surface area contributed by atoms with Gasteiger partial charge in [-0.05, 0) is 50.2 Å². The van der Waals surface area contributed by atoms with E-state index in [2.05, 4.69) is 30.8 Å². The molecule has 1 aliphatic rings. The molecule has 3 heterocycles. The number of guanidine groups is 1. The Labute approximate surface area is 194 Å². The number of carbonyl (C=O) groups is 1. The lowest BCUT2D eigenvalue weighted by atomic mass is 10.1. The first-order valence-corrected chi connectivity index (χ1v) is 10.2. The zero-order chi connectivity index (χ0) is 20.3. The van der Waals surface area contributed by atoms with E-state index < -0.39 is 0 Å². The number of likely N-dealkylation sites (tertiary alicyclic amines) is 1. The number of nitrogens with zero attached hydrogens (tertiary/aromatic N) is 3. The minimum absolute atomic E-state index is 0. The van der Waals surface area contributed by atoms with Crippen LogP contribution in [0, 0.1) is 0 Å². The lowest BCUT2D eigenvalue weighted by Gasteiger charge is -2.33. The Balaban J connectivity index is 0.00000320. The maximum absolute atomic E-state index is 12.0. The fourth-order valence-corrected chi connectivity index (χ4v) is 3.49. The SMILES string of the molecule is CN=C(NCCNC(=O)c1cccnc1)NCC(c1ccco1)N1CCCCC1.I. The maximum Gasteiger partial charge on any atom is 0.252 e. The van der Waals surface area contributed by atoms with Crippen LogP contribution >= 0.6 is 24.0 Å². The van der Waals surface area contributed by atoms with Gasteiger partial charge in [0.05, 0.1) is 17.9 Å². The van der Waals surface area contributed by atoms with Crippen molar-refractivity contribution in [1.82, 2.24) is 25.8 Å². The fourth-order valence-electron chi connectivity index (χ4n) is 3.49. The molecule has 1 atom stereocenters.